The summed E-state index contributed by atoms with van der Waals surface area (Å²) < 4.78 is 0. The van der Waals surface area contributed by atoms with Gasteiger partial charge in [0.1, 0.15) is 0 Å². The van der Waals surface area contributed by atoms with E-state index in [1.807, 2.05) is 30.5 Å². The Balaban J connectivity index is 2.19. The molecule has 96 valence electrons. The van der Waals surface area contributed by atoms with Crippen LogP contribution in [-0.2, 0) is 4.79 Å². The van der Waals surface area contributed by atoms with Gasteiger partial charge in [-0.05, 0) is 31.2 Å². The number of carbonyl (C=O) groups is 1. The Kier molecular flexibility index (Phi) is 3.92. The Morgan fingerprint density at radius 3 is 2.61 bits per heavy atom. The average molecular weight is 280 g/mol. The summed E-state index contributed by atoms with van der Waals surface area (Å²) in [5.74, 6) is -0.0669. The third kappa shape index (κ3) is 2.24. The molecule has 1 aliphatic rings. The molecule has 0 bridgehead atoms. The number of hydrogen-bond donors (Lipinski definition) is 2. The molecule has 0 spiro atoms. The number of anilines is 1. The van der Waals surface area contributed by atoms with Crippen LogP contribution in [0.5, 0.6) is 0 Å². The molecular formula is C13H16N2OS2. The molecule has 0 aliphatic heterocycles. The molecule has 1 aliphatic carbocycles. The van der Waals surface area contributed by atoms with Gasteiger partial charge in [0.25, 0.3) is 0 Å². The molecule has 3 N–H and O–H groups in total. The third-order valence-corrected chi connectivity index (χ3v) is 4.66. The number of thiocarbonyl (C=S) groups is 1. The Hall–Kier alpha value is -1.07. The molecule has 0 aromatic heterocycles. The fraction of sp³-hybridized carbons (Fsp3) is 0.385. The van der Waals surface area contributed by atoms with Crippen molar-refractivity contribution in [1.29, 1.82) is 0 Å². The fourth-order valence-electron chi connectivity index (χ4n) is 2.11. The monoisotopic (exact) mass is 280 g/mol. The van der Waals surface area contributed by atoms with E-state index in [4.69, 9.17) is 18.0 Å². The first kappa shape index (κ1) is 13.4. The van der Waals surface area contributed by atoms with Crippen molar-refractivity contribution >= 4 is 40.6 Å². The molecule has 18 heavy (non-hydrogen) atoms. The number of benzene rings is 1. The van der Waals surface area contributed by atoms with Crippen LogP contribution >= 0.6 is 24.0 Å². The number of thioether (sulfide) groups is 1. The third-order valence-electron chi connectivity index (χ3n) is 3.47. The zero-order valence-corrected chi connectivity index (χ0v) is 11.9. The second-order valence-electron chi connectivity index (χ2n) is 4.45. The summed E-state index contributed by atoms with van der Waals surface area (Å²) in [6, 6.07) is 7.74. The highest BCUT2D eigenvalue weighted by Gasteiger charge is 2.47. The van der Waals surface area contributed by atoms with Crippen LogP contribution in [0, 0.1) is 5.41 Å². The van der Waals surface area contributed by atoms with E-state index in [1.54, 1.807) is 11.8 Å². The maximum atomic E-state index is 12.3. The predicted molar refractivity (Wildman–Crippen MR) is 79.9 cm³/mol. The molecule has 0 atom stereocenters. The summed E-state index contributed by atoms with van der Waals surface area (Å²) in [6.45, 7) is 0. The van der Waals surface area contributed by atoms with Gasteiger partial charge < -0.3 is 11.1 Å². The quantitative estimate of drug-likeness (QED) is 0.658. The van der Waals surface area contributed by atoms with Crippen LogP contribution in [0.1, 0.15) is 19.3 Å². The van der Waals surface area contributed by atoms with Crippen molar-refractivity contribution in [3.8, 4) is 0 Å². The van der Waals surface area contributed by atoms with E-state index >= 15 is 0 Å². The molecule has 0 radical (unpaired) electrons. The van der Waals surface area contributed by atoms with Gasteiger partial charge in [-0.25, -0.2) is 0 Å². The SMILES string of the molecule is CSc1ccccc1NC(=O)C1(C(N)=S)CCC1. The standard InChI is InChI=1S/C13H16N2OS2/c1-18-10-6-3-2-5-9(10)15-12(16)13(11(14)17)7-4-8-13/h2-3,5-6H,4,7-8H2,1H3,(H2,14,17)(H,15,16). The maximum Gasteiger partial charge on any atom is 0.237 e. The maximum absolute atomic E-state index is 12.3. The van der Waals surface area contributed by atoms with Crippen LogP contribution in [-0.4, -0.2) is 17.2 Å². The molecule has 0 heterocycles. The van der Waals surface area contributed by atoms with Crippen molar-refractivity contribution in [2.24, 2.45) is 11.1 Å². The fourth-order valence-corrected chi connectivity index (χ4v) is 2.96. The lowest BCUT2D eigenvalue weighted by atomic mass is 9.68. The molecule has 1 aromatic rings. The minimum atomic E-state index is -0.624. The highest BCUT2D eigenvalue weighted by Crippen LogP contribution is 2.42. The normalized spacial score (nSPS) is 16.7. The largest absolute Gasteiger partial charge is 0.392 e. The van der Waals surface area contributed by atoms with E-state index in [-0.39, 0.29) is 5.91 Å². The number of amides is 1. The van der Waals surface area contributed by atoms with Crippen molar-refractivity contribution in [2.45, 2.75) is 24.2 Å². The minimum absolute atomic E-state index is 0.0669. The first-order chi connectivity index (χ1) is 8.60. The number of carbonyl (C=O) groups excluding carboxylic acids is 1. The van der Waals surface area contributed by atoms with Gasteiger partial charge in [-0.1, -0.05) is 30.8 Å². The summed E-state index contributed by atoms with van der Waals surface area (Å²) in [7, 11) is 0. The summed E-state index contributed by atoms with van der Waals surface area (Å²) in [6.07, 6.45) is 4.51. The van der Waals surface area contributed by atoms with E-state index in [0.717, 1.165) is 29.8 Å². The van der Waals surface area contributed by atoms with Gasteiger partial charge in [-0.3, -0.25) is 4.79 Å². The van der Waals surface area contributed by atoms with E-state index in [9.17, 15) is 4.79 Å². The summed E-state index contributed by atoms with van der Waals surface area (Å²) >= 11 is 6.65. The van der Waals surface area contributed by atoms with Crippen LogP contribution in [0.3, 0.4) is 0 Å². The Morgan fingerprint density at radius 2 is 2.11 bits per heavy atom. The molecule has 1 amide bonds. The van der Waals surface area contributed by atoms with Crippen molar-refractivity contribution in [3.05, 3.63) is 24.3 Å². The Morgan fingerprint density at radius 1 is 1.44 bits per heavy atom. The van der Waals surface area contributed by atoms with Gasteiger partial charge in [-0.15, -0.1) is 11.8 Å². The minimum Gasteiger partial charge on any atom is -0.392 e. The van der Waals surface area contributed by atoms with E-state index in [2.05, 4.69) is 5.32 Å². The van der Waals surface area contributed by atoms with Crippen LogP contribution in [0.4, 0.5) is 5.69 Å². The van der Waals surface area contributed by atoms with Gasteiger partial charge in [0.2, 0.25) is 5.91 Å². The predicted octanol–water partition coefficient (Wildman–Crippen LogP) is 2.80. The first-order valence-electron chi connectivity index (χ1n) is 5.84. The smallest absolute Gasteiger partial charge is 0.237 e. The topological polar surface area (TPSA) is 55.1 Å². The number of rotatable bonds is 4. The van der Waals surface area contributed by atoms with Crippen LogP contribution < -0.4 is 11.1 Å². The zero-order chi connectivity index (χ0) is 13.2. The molecule has 3 nitrogen and oxygen atoms in total. The van der Waals surface area contributed by atoms with Crippen molar-refractivity contribution < 1.29 is 4.79 Å². The highest BCUT2D eigenvalue weighted by atomic mass is 32.2. The second kappa shape index (κ2) is 5.28. The molecule has 5 heteroatoms. The molecule has 1 aromatic carbocycles. The molecule has 2 rings (SSSR count). The number of hydrogen-bond acceptors (Lipinski definition) is 3. The van der Waals surface area contributed by atoms with Crippen LogP contribution in [0.2, 0.25) is 0 Å². The lowest BCUT2D eigenvalue weighted by molar-refractivity contribution is -0.125. The molecule has 0 unspecified atom stereocenters. The lowest BCUT2D eigenvalue weighted by Gasteiger charge is -2.39. The van der Waals surface area contributed by atoms with Gasteiger partial charge in [0.15, 0.2) is 0 Å². The number of nitrogens with one attached hydrogen (secondary N) is 1. The Labute approximate surface area is 117 Å². The number of nitrogens with two attached hydrogens (primary N) is 1. The summed E-state index contributed by atoms with van der Waals surface area (Å²) in [5, 5.41) is 2.96. The number of para-hydroxylation sites is 1. The van der Waals surface area contributed by atoms with Crippen molar-refractivity contribution in [3.63, 3.8) is 0 Å². The van der Waals surface area contributed by atoms with Gasteiger partial charge in [0, 0.05) is 4.90 Å². The van der Waals surface area contributed by atoms with E-state index in [1.165, 1.54) is 0 Å². The average Bonchev–Trinajstić information content (AvgIpc) is 2.27. The van der Waals surface area contributed by atoms with Crippen molar-refractivity contribution in [1.82, 2.24) is 0 Å². The van der Waals surface area contributed by atoms with E-state index < -0.39 is 5.41 Å². The second-order valence-corrected chi connectivity index (χ2v) is 5.74. The summed E-state index contributed by atoms with van der Waals surface area (Å²) in [5.41, 5.74) is 5.93. The summed E-state index contributed by atoms with van der Waals surface area (Å²) in [4.78, 5) is 13.7. The molecule has 1 saturated carbocycles. The van der Waals surface area contributed by atoms with Gasteiger partial charge in [0.05, 0.1) is 16.1 Å². The molecule has 1 fully saturated rings. The molecular weight excluding hydrogens is 264 g/mol. The van der Waals surface area contributed by atoms with Crippen LogP contribution in [0.15, 0.2) is 29.2 Å². The highest BCUT2D eigenvalue weighted by molar-refractivity contribution is 7.98. The Bertz CT molecular complexity index is 484. The zero-order valence-electron chi connectivity index (χ0n) is 10.2. The van der Waals surface area contributed by atoms with Crippen LogP contribution in [0.25, 0.3) is 0 Å². The van der Waals surface area contributed by atoms with Gasteiger partial charge >= 0.3 is 0 Å². The first-order valence-corrected chi connectivity index (χ1v) is 7.48. The van der Waals surface area contributed by atoms with Crippen molar-refractivity contribution in [2.75, 3.05) is 11.6 Å². The van der Waals surface area contributed by atoms with Gasteiger partial charge in [-0.2, -0.15) is 0 Å². The molecule has 0 saturated heterocycles. The lowest BCUT2D eigenvalue weighted by Crippen LogP contribution is -2.50. The van der Waals surface area contributed by atoms with E-state index in [0.29, 0.717) is 4.99 Å².